The lowest BCUT2D eigenvalue weighted by Crippen LogP contribution is -2.55. The van der Waals surface area contributed by atoms with Crippen LogP contribution in [-0.2, 0) is 10.3 Å². The van der Waals surface area contributed by atoms with E-state index in [1.54, 1.807) is 11.9 Å². The number of piperazine rings is 1. The van der Waals surface area contributed by atoms with E-state index in [9.17, 15) is 4.79 Å². The van der Waals surface area contributed by atoms with E-state index >= 15 is 0 Å². The van der Waals surface area contributed by atoms with Gasteiger partial charge in [0.05, 0.1) is 11.2 Å². The van der Waals surface area contributed by atoms with Crippen molar-refractivity contribution in [1.82, 2.24) is 10.6 Å². The second-order valence-electron chi connectivity index (χ2n) is 5.36. The van der Waals surface area contributed by atoms with Crippen molar-refractivity contribution in [2.45, 2.75) is 12.5 Å². The Morgan fingerprint density at radius 2 is 2.21 bits per heavy atom. The number of hydrogen-bond donors (Lipinski definition) is 2. The highest BCUT2D eigenvalue weighted by molar-refractivity contribution is 5.97. The van der Waals surface area contributed by atoms with Crippen molar-refractivity contribution in [1.29, 1.82) is 0 Å². The second-order valence-corrected chi connectivity index (χ2v) is 5.36. The Bertz CT molecular complexity index is 509. The number of nitrogens with one attached hydrogen (secondary N) is 2. The molecule has 1 unspecified atom stereocenters. The summed E-state index contributed by atoms with van der Waals surface area (Å²) in [7, 11) is 1.79. The maximum atomic E-state index is 11.7. The minimum atomic E-state index is -0.103. The number of benzene rings is 1. The number of rotatable bonds is 1. The van der Waals surface area contributed by atoms with Crippen LogP contribution < -0.4 is 20.3 Å². The zero-order valence-electron chi connectivity index (χ0n) is 11.3. The average molecular weight is 261 g/mol. The first kappa shape index (κ1) is 12.4. The van der Waals surface area contributed by atoms with Gasteiger partial charge in [-0.15, -0.1) is 0 Å². The Labute approximate surface area is 112 Å². The molecule has 1 amide bonds. The number of amides is 1. The highest BCUT2D eigenvalue weighted by Gasteiger charge is 2.30. The molecule has 3 rings (SSSR count). The fourth-order valence-corrected chi connectivity index (χ4v) is 2.65. The van der Waals surface area contributed by atoms with Gasteiger partial charge in [0.1, 0.15) is 5.75 Å². The molecule has 0 bridgehead atoms. The van der Waals surface area contributed by atoms with E-state index in [1.807, 2.05) is 12.1 Å². The number of fused-ring (bicyclic) bond motifs is 1. The molecule has 2 aliphatic rings. The predicted molar refractivity (Wildman–Crippen MR) is 73.6 cm³/mol. The Morgan fingerprint density at radius 1 is 1.37 bits per heavy atom. The third kappa shape index (κ3) is 2.09. The first-order valence-corrected chi connectivity index (χ1v) is 6.60. The van der Waals surface area contributed by atoms with Crippen LogP contribution in [0.25, 0.3) is 0 Å². The van der Waals surface area contributed by atoms with Gasteiger partial charge in [0.25, 0.3) is 5.91 Å². The summed E-state index contributed by atoms with van der Waals surface area (Å²) in [5, 5.41) is 6.94. The van der Waals surface area contributed by atoms with Gasteiger partial charge in [-0.2, -0.15) is 0 Å². The summed E-state index contributed by atoms with van der Waals surface area (Å²) >= 11 is 0. The summed E-state index contributed by atoms with van der Waals surface area (Å²) in [6, 6.07) is 6.07. The maximum Gasteiger partial charge on any atom is 0.264 e. The Balaban J connectivity index is 1.98. The quantitative estimate of drug-likeness (QED) is 0.771. The summed E-state index contributed by atoms with van der Waals surface area (Å²) in [5.74, 6) is 0.766. The van der Waals surface area contributed by atoms with Crippen LogP contribution in [-0.4, -0.2) is 39.2 Å². The average Bonchev–Trinajstić information content (AvgIpc) is 2.43. The van der Waals surface area contributed by atoms with Crippen LogP contribution in [0, 0.1) is 0 Å². The number of hydrogen-bond acceptors (Lipinski definition) is 4. The molecule has 1 fully saturated rings. The number of nitrogens with zero attached hydrogens (tertiary/aromatic N) is 1. The molecule has 0 spiro atoms. The van der Waals surface area contributed by atoms with Crippen molar-refractivity contribution in [3.8, 4) is 5.75 Å². The van der Waals surface area contributed by atoms with E-state index in [0.717, 1.165) is 31.1 Å². The number of carbonyl (C=O) groups is 1. The van der Waals surface area contributed by atoms with E-state index < -0.39 is 0 Å². The molecule has 1 aromatic rings. The Morgan fingerprint density at radius 3 is 2.95 bits per heavy atom. The first-order chi connectivity index (χ1) is 9.10. The largest absolute Gasteiger partial charge is 0.482 e. The van der Waals surface area contributed by atoms with Crippen LogP contribution in [0.4, 0.5) is 5.69 Å². The van der Waals surface area contributed by atoms with E-state index in [0.29, 0.717) is 0 Å². The summed E-state index contributed by atoms with van der Waals surface area (Å²) in [6.07, 6.45) is 0. The molecule has 2 heterocycles. The van der Waals surface area contributed by atoms with Gasteiger partial charge < -0.3 is 20.3 Å². The molecule has 2 aliphatic heterocycles. The first-order valence-electron chi connectivity index (χ1n) is 6.60. The molecular weight excluding hydrogens is 242 g/mol. The maximum absolute atomic E-state index is 11.7. The van der Waals surface area contributed by atoms with E-state index in [1.165, 1.54) is 5.56 Å². The molecule has 102 valence electrons. The fraction of sp³-hybridized carbons (Fsp3) is 0.500. The smallest absolute Gasteiger partial charge is 0.264 e. The van der Waals surface area contributed by atoms with Crippen LogP contribution >= 0.6 is 0 Å². The Kier molecular flexibility index (Phi) is 2.95. The van der Waals surface area contributed by atoms with Crippen LogP contribution in [0.15, 0.2) is 18.2 Å². The highest BCUT2D eigenvalue weighted by atomic mass is 16.5. The van der Waals surface area contributed by atoms with Gasteiger partial charge in [0, 0.05) is 26.7 Å². The zero-order chi connectivity index (χ0) is 13.5. The fourth-order valence-electron chi connectivity index (χ4n) is 2.65. The molecular formula is C14H19N3O2. The lowest BCUT2D eigenvalue weighted by Gasteiger charge is -2.37. The predicted octanol–water partition coefficient (Wildman–Crippen LogP) is 0.450. The molecule has 5 heteroatoms. The van der Waals surface area contributed by atoms with Crippen molar-refractivity contribution in [3.63, 3.8) is 0 Å². The van der Waals surface area contributed by atoms with Crippen LogP contribution in [0.3, 0.4) is 0 Å². The van der Waals surface area contributed by atoms with Crippen molar-refractivity contribution in [2.75, 3.05) is 38.2 Å². The van der Waals surface area contributed by atoms with Gasteiger partial charge in [-0.25, -0.2) is 0 Å². The molecule has 1 aromatic carbocycles. The van der Waals surface area contributed by atoms with Crippen LogP contribution in [0.5, 0.6) is 5.75 Å². The van der Waals surface area contributed by atoms with Crippen molar-refractivity contribution < 1.29 is 9.53 Å². The van der Waals surface area contributed by atoms with Crippen molar-refractivity contribution in [3.05, 3.63) is 23.8 Å². The highest BCUT2D eigenvalue weighted by Crippen LogP contribution is 2.35. The topological polar surface area (TPSA) is 53.6 Å². The van der Waals surface area contributed by atoms with E-state index in [2.05, 4.69) is 23.6 Å². The summed E-state index contributed by atoms with van der Waals surface area (Å²) < 4.78 is 5.45. The van der Waals surface area contributed by atoms with Gasteiger partial charge in [0.15, 0.2) is 6.61 Å². The third-order valence-electron chi connectivity index (χ3n) is 3.98. The molecule has 0 aromatic heterocycles. The zero-order valence-corrected chi connectivity index (χ0v) is 11.3. The molecule has 2 N–H and O–H groups in total. The molecule has 5 nitrogen and oxygen atoms in total. The van der Waals surface area contributed by atoms with Gasteiger partial charge in [-0.05, 0) is 24.6 Å². The van der Waals surface area contributed by atoms with E-state index in [4.69, 9.17) is 4.74 Å². The van der Waals surface area contributed by atoms with Crippen LogP contribution in [0.2, 0.25) is 0 Å². The molecule has 0 saturated carbocycles. The standard InChI is InChI=1S/C14H19N3O2/c1-14(9-15-5-6-16-14)10-3-4-12-11(7-10)17(2)13(18)8-19-12/h3-4,7,15-16H,5-6,8-9H2,1-2H3. The van der Waals surface area contributed by atoms with Gasteiger partial charge in [0.2, 0.25) is 0 Å². The number of likely N-dealkylation sites (N-methyl/N-ethyl adjacent to an activating group) is 1. The molecule has 0 aliphatic carbocycles. The molecule has 19 heavy (non-hydrogen) atoms. The minimum Gasteiger partial charge on any atom is -0.482 e. The lowest BCUT2D eigenvalue weighted by atomic mass is 9.89. The summed E-state index contributed by atoms with van der Waals surface area (Å²) in [4.78, 5) is 13.4. The number of anilines is 1. The molecule has 0 radical (unpaired) electrons. The monoisotopic (exact) mass is 261 g/mol. The van der Waals surface area contributed by atoms with Crippen LogP contribution in [0.1, 0.15) is 12.5 Å². The van der Waals surface area contributed by atoms with Crippen molar-refractivity contribution in [2.24, 2.45) is 0 Å². The summed E-state index contributed by atoms with van der Waals surface area (Å²) in [6.45, 7) is 5.11. The van der Waals surface area contributed by atoms with E-state index in [-0.39, 0.29) is 18.1 Å². The molecule has 1 atom stereocenters. The third-order valence-corrected chi connectivity index (χ3v) is 3.98. The lowest BCUT2D eigenvalue weighted by molar-refractivity contribution is -0.120. The SMILES string of the molecule is CN1C(=O)COc2ccc(C3(C)CNCCN3)cc21. The van der Waals surface area contributed by atoms with Crippen molar-refractivity contribution >= 4 is 11.6 Å². The molecule has 1 saturated heterocycles. The van der Waals surface area contributed by atoms with Gasteiger partial charge in [-0.3, -0.25) is 4.79 Å². The summed E-state index contributed by atoms with van der Waals surface area (Å²) in [5.41, 5.74) is 1.92. The number of carbonyl (C=O) groups excluding carboxylic acids is 1. The van der Waals surface area contributed by atoms with Gasteiger partial charge >= 0.3 is 0 Å². The minimum absolute atomic E-state index is 0.00969. The second kappa shape index (κ2) is 4.51. The van der Waals surface area contributed by atoms with Gasteiger partial charge in [-0.1, -0.05) is 6.07 Å². The number of ether oxygens (including phenoxy) is 1. The normalized spacial score (nSPS) is 26.8. The Hall–Kier alpha value is -1.59.